The molecular weight excluding hydrogens is 336 g/mol. The van der Waals surface area contributed by atoms with Crippen molar-refractivity contribution < 1.29 is 31.1 Å². The summed E-state index contributed by atoms with van der Waals surface area (Å²) in [5.41, 5.74) is -1.65. The van der Waals surface area contributed by atoms with E-state index >= 15 is 0 Å². The summed E-state index contributed by atoms with van der Waals surface area (Å²) >= 11 is 0.868. The number of thiazole rings is 1. The van der Waals surface area contributed by atoms with Gasteiger partial charge in [0.2, 0.25) is 0 Å². The molecule has 2 aromatic rings. The summed E-state index contributed by atoms with van der Waals surface area (Å²) in [7, 11) is -4.60. The minimum Gasteiger partial charge on any atom is -0.507 e. The number of halogens is 4. The SMILES string of the molecule is O=S(=O)(Nc1nccs1)c1cc(C(F)(F)F)c(O)cc1F. The topological polar surface area (TPSA) is 79.3 Å². The van der Waals surface area contributed by atoms with Crippen LogP contribution in [0.25, 0.3) is 0 Å². The van der Waals surface area contributed by atoms with E-state index in [4.69, 9.17) is 5.11 Å². The second-order valence-electron chi connectivity index (χ2n) is 3.74. The van der Waals surface area contributed by atoms with Crippen LogP contribution in [0.5, 0.6) is 5.75 Å². The summed E-state index contributed by atoms with van der Waals surface area (Å²) in [5.74, 6) is -2.90. The molecule has 0 atom stereocenters. The number of nitrogens with one attached hydrogen (secondary N) is 1. The molecule has 1 aromatic heterocycles. The standard InChI is InChI=1S/C10H6F4N2O3S2/c11-6-4-7(17)5(10(12,13)14)3-8(6)21(18,19)16-9-15-1-2-20-9/h1-4,17H,(H,15,16). The van der Waals surface area contributed by atoms with E-state index in [9.17, 15) is 26.0 Å². The minimum absolute atomic E-state index is 0.0284. The van der Waals surface area contributed by atoms with Crippen molar-refractivity contribution in [3.8, 4) is 5.75 Å². The van der Waals surface area contributed by atoms with Gasteiger partial charge >= 0.3 is 6.18 Å². The van der Waals surface area contributed by atoms with Crippen molar-refractivity contribution in [3.63, 3.8) is 0 Å². The first-order valence-corrected chi connectivity index (χ1v) is 7.49. The molecule has 2 rings (SSSR count). The van der Waals surface area contributed by atoms with Crippen LogP contribution in [0.2, 0.25) is 0 Å². The van der Waals surface area contributed by atoms with Crippen molar-refractivity contribution in [3.05, 3.63) is 35.1 Å². The molecule has 11 heteroatoms. The molecule has 21 heavy (non-hydrogen) atoms. The van der Waals surface area contributed by atoms with E-state index in [-0.39, 0.29) is 17.3 Å². The Morgan fingerprint density at radius 2 is 1.95 bits per heavy atom. The highest BCUT2D eigenvalue weighted by Crippen LogP contribution is 2.38. The molecule has 0 aliphatic heterocycles. The van der Waals surface area contributed by atoms with Crippen molar-refractivity contribution in [2.75, 3.05) is 4.72 Å². The Morgan fingerprint density at radius 1 is 1.29 bits per heavy atom. The monoisotopic (exact) mass is 342 g/mol. The molecule has 114 valence electrons. The number of alkyl halides is 3. The highest BCUT2D eigenvalue weighted by Gasteiger charge is 2.36. The van der Waals surface area contributed by atoms with Gasteiger partial charge in [0.1, 0.15) is 16.5 Å². The lowest BCUT2D eigenvalue weighted by molar-refractivity contribution is -0.139. The molecule has 0 bridgehead atoms. The Balaban J connectivity index is 2.53. The van der Waals surface area contributed by atoms with Crippen molar-refractivity contribution >= 4 is 26.5 Å². The van der Waals surface area contributed by atoms with Crippen LogP contribution in [0.4, 0.5) is 22.7 Å². The fourth-order valence-corrected chi connectivity index (χ4v) is 3.29. The number of sulfonamides is 1. The second kappa shape index (κ2) is 5.15. The number of phenols is 1. The van der Waals surface area contributed by atoms with E-state index in [1.807, 2.05) is 4.72 Å². The van der Waals surface area contributed by atoms with Gasteiger partial charge in [-0.3, -0.25) is 4.72 Å². The molecule has 5 nitrogen and oxygen atoms in total. The summed E-state index contributed by atoms with van der Waals surface area (Å²) in [6.45, 7) is 0. The summed E-state index contributed by atoms with van der Waals surface area (Å²) in [4.78, 5) is 2.35. The maximum Gasteiger partial charge on any atom is 0.420 e. The molecule has 0 amide bonds. The lowest BCUT2D eigenvalue weighted by Crippen LogP contribution is -2.16. The van der Waals surface area contributed by atoms with Crippen LogP contribution in [0, 0.1) is 5.82 Å². The second-order valence-corrected chi connectivity index (χ2v) is 6.29. The van der Waals surface area contributed by atoms with Gasteiger partial charge in [0.05, 0.1) is 5.56 Å². The average molecular weight is 342 g/mol. The van der Waals surface area contributed by atoms with Crippen molar-refractivity contribution in [1.82, 2.24) is 4.98 Å². The van der Waals surface area contributed by atoms with E-state index in [1.165, 1.54) is 11.6 Å². The molecule has 0 saturated carbocycles. The number of hydrogen-bond acceptors (Lipinski definition) is 5. The molecule has 0 aliphatic carbocycles. The predicted octanol–water partition coefficient (Wildman–Crippen LogP) is 2.81. The Hall–Kier alpha value is -1.88. The minimum atomic E-state index is -5.02. The van der Waals surface area contributed by atoms with Gasteiger partial charge in [-0.05, 0) is 6.07 Å². The van der Waals surface area contributed by atoms with Crippen LogP contribution in [-0.2, 0) is 16.2 Å². The van der Waals surface area contributed by atoms with E-state index in [0.29, 0.717) is 0 Å². The number of phenolic OH excluding ortho intramolecular Hbond substituents is 1. The molecule has 0 radical (unpaired) electrons. The molecule has 0 unspecified atom stereocenters. The first-order chi connectivity index (χ1) is 9.61. The zero-order chi connectivity index (χ0) is 15.8. The van der Waals surface area contributed by atoms with E-state index in [1.54, 1.807) is 0 Å². The van der Waals surface area contributed by atoms with Gasteiger partial charge < -0.3 is 5.11 Å². The third-order valence-corrected chi connectivity index (χ3v) is 4.47. The summed E-state index contributed by atoms with van der Waals surface area (Å²) < 4.78 is 77.0. The maximum absolute atomic E-state index is 13.6. The first kappa shape index (κ1) is 15.5. The predicted molar refractivity (Wildman–Crippen MR) is 66.0 cm³/mol. The van der Waals surface area contributed by atoms with Crippen LogP contribution in [0.1, 0.15) is 5.56 Å². The van der Waals surface area contributed by atoms with Crippen LogP contribution in [-0.4, -0.2) is 18.5 Å². The molecule has 0 aliphatic rings. The fourth-order valence-electron chi connectivity index (χ4n) is 1.42. The largest absolute Gasteiger partial charge is 0.507 e. The van der Waals surface area contributed by atoms with Crippen molar-refractivity contribution in [1.29, 1.82) is 0 Å². The fraction of sp³-hybridized carbons (Fsp3) is 0.100. The molecule has 2 N–H and O–H groups in total. The van der Waals surface area contributed by atoms with Crippen LogP contribution >= 0.6 is 11.3 Å². The van der Waals surface area contributed by atoms with E-state index < -0.39 is 38.2 Å². The Bertz CT molecular complexity index is 757. The summed E-state index contributed by atoms with van der Waals surface area (Å²) in [6.07, 6.45) is -3.76. The van der Waals surface area contributed by atoms with Gasteiger partial charge in [-0.25, -0.2) is 17.8 Å². The molecule has 0 fully saturated rings. The lowest BCUT2D eigenvalue weighted by atomic mass is 10.2. The van der Waals surface area contributed by atoms with Crippen LogP contribution in [0.3, 0.4) is 0 Å². The van der Waals surface area contributed by atoms with Gasteiger partial charge in [0, 0.05) is 17.6 Å². The number of rotatable bonds is 3. The summed E-state index contributed by atoms with van der Waals surface area (Å²) in [6, 6.07) is 0.125. The molecule has 1 heterocycles. The van der Waals surface area contributed by atoms with Gasteiger partial charge in [-0.15, -0.1) is 11.3 Å². The Morgan fingerprint density at radius 3 is 2.48 bits per heavy atom. The summed E-state index contributed by atoms with van der Waals surface area (Å²) in [5, 5.41) is 10.4. The van der Waals surface area contributed by atoms with Crippen LogP contribution in [0.15, 0.2) is 28.6 Å². The highest BCUT2D eigenvalue weighted by atomic mass is 32.2. The number of hydrogen-bond donors (Lipinski definition) is 2. The van der Waals surface area contributed by atoms with Crippen molar-refractivity contribution in [2.24, 2.45) is 0 Å². The third kappa shape index (κ3) is 3.24. The number of aromatic hydroxyl groups is 1. The van der Waals surface area contributed by atoms with Gasteiger partial charge in [0.25, 0.3) is 10.0 Å². The van der Waals surface area contributed by atoms with Gasteiger partial charge in [-0.2, -0.15) is 13.2 Å². The zero-order valence-corrected chi connectivity index (χ0v) is 11.5. The zero-order valence-electron chi connectivity index (χ0n) is 9.85. The number of anilines is 1. The van der Waals surface area contributed by atoms with Gasteiger partial charge in [0.15, 0.2) is 5.13 Å². The quantitative estimate of drug-likeness (QED) is 0.841. The number of benzene rings is 1. The van der Waals surface area contributed by atoms with Gasteiger partial charge in [-0.1, -0.05) is 0 Å². The lowest BCUT2D eigenvalue weighted by Gasteiger charge is -2.12. The highest BCUT2D eigenvalue weighted by molar-refractivity contribution is 7.93. The van der Waals surface area contributed by atoms with Crippen LogP contribution < -0.4 is 4.72 Å². The molecular formula is C10H6F4N2O3S2. The average Bonchev–Trinajstić information content (AvgIpc) is 2.78. The number of aromatic nitrogens is 1. The molecule has 0 saturated heterocycles. The third-order valence-electron chi connectivity index (χ3n) is 2.30. The first-order valence-electron chi connectivity index (χ1n) is 5.13. The smallest absolute Gasteiger partial charge is 0.420 e. The molecule has 0 spiro atoms. The Kier molecular flexibility index (Phi) is 3.80. The molecule has 1 aromatic carbocycles. The van der Waals surface area contributed by atoms with Crippen molar-refractivity contribution in [2.45, 2.75) is 11.1 Å². The maximum atomic E-state index is 13.6. The Labute approximate surface area is 119 Å². The van der Waals surface area contributed by atoms with E-state index in [0.717, 1.165) is 11.3 Å². The van der Waals surface area contributed by atoms with E-state index in [2.05, 4.69) is 4.98 Å². The normalized spacial score (nSPS) is 12.4. The number of nitrogens with zero attached hydrogens (tertiary/aromatic N) is 1.